The maximum atomic E-state index is 12.6. The summed E-state index contributed by atoms with van der Waals surface area (Å²) in [5, 5.41) is 0. The zero-order valence-corrected chi connectivity index (χ0v) is 14.9. The number of rotatable bonds is 4. The van der Waals surface area contributed by atoms with Gasteiger partial charge in [-0.25, -0.2) is 0 Å². The molecule has 3 aliphatic heterocycles. The van der Waals surface area contributed by atoms with Crippen LogP contribution in [0, 0.1) is 5.92 Å². The normalized spacial score (nSPS) is 21.8. The summed E-state index contributed by atoms with van der Waals surface area (Å²) >= 11 is 0. The summed E-state index contributed by atoms with van der Waals surface area (Å²) in [6.07, 6.45) is 4.11. The fraction of sp³-hybridized carbons (Fsp3) is 0.650. The van der Waals surface area contributed by atoms with Gasteiger partial charge in [0.15, 0.2) is 0 Å². The second-order valence-corrected chi connectivity index (χ2v) is 7.34. The molecule has 0 aromatic heterocycles. The molecule has 4 rings (SSSR count). The Balaban J connectivity index is 1.23. The van der Waals surface area contributed by atoms with Gasteiger partial charge in [-0.1, -0.05) is 12.1 Å². The van der Waals surface area contributed by atoms with Crippen LogP contribution in [-0.4, -0.2) is 68.3 Å². The first-order valence-electron chi connectivity index (χ1n) is 9.63. The molecular formula is C20H28N2O3. The zero-order chi connectivity index (χ0) is 17.1. The first-order valence-corrected chi connectivity index (χ1v) is 9.63. The second kappa shape index (κ2) is 7.75. The van der Waals surface area contributed by atoms with E-state index >= 15 is 0 Å². The highest BCUT2D eigenvalue weighted by atomic mass is 16.5. The predicted molar refractivity (Wildman–Crippen MR) is 95.9 cm³/mol. The Bertz CT molecular complexity index is 605. The van der Waals surface area contributed by atoms with Gasteiger partial charge in [0, 0.05) is 32.0 Å². The Labute approximate surface area is 149 Å². The number of nitrogens with zero attached hydrogens (tertiary/aromatic N) is 2. The number of hydrogen-bond acceptors (Lipinski definition) is 4. The van der Waals surface area contributed by atoms with E-state index in [0.717, 1.165) is 70.8 Å². The van der Waals surface area contributed by atoms with Gasteiger partial charge < -0.3 is 19.3 Å². The molecule has 3 aliphatic rings. The Morgan fingerprint density at radius 3 is 2.68 bits per heavy atom. The maximum absolute atomic E-state index is 12.6. The molecule has 0 radical (unpaired) electrons. The number of hydrogen-bond donors (Lipinski definition) is 0. The Morgan fingerprint density at radius 1 is 1.08 bits per heavy atom. The summed E-state index contributed by atoms with van der Waals surface area (Å²) in [6, 6.07) is 6.61. The van der Waals surface area contributed by atoms with Gasteiger partial charge in [0.1, 0.15) is 5.75 Å². The van der Waals surface area contributed by atoms with Crippen LogP contribution in [-0.2, 0) is 22.4 Å². The van der Waals surface area contributed by atoms with Crippen molar-refractivity contribution in [1.29, 1.82) is 0 Å². The number of carbonyl (C=O) groups excluding carboxylic acids is 1. The van der Waals surface area contributed by atoms with Crippen molar-refractivity contribution in [2.24, 2.45) is 5.92 Å². The SMILES string of the molecule is O=C(C1CCN(CCc2ccc3c(c2)CCO3)CC1)N1CCOCC1. The number of morpholine rings is 1. The molecule has 0 bridgehead atoms. The lowest BCUT2D eigenvalue weighted by Gasteiger charge is -2.35. The highest BCUT2D eigenvalue weighted by molar-refractivity contribution is 5.79. The Kier molecular flexibility index (Phi) is 5.22. The lowest BCUT2D eigenvalue weighted by molar-refractivity contribution is -0.141. The fourth-order valence-electron chi connectivity index (χ4n) is 4.13. The molecule has 0 saturated carbocycles. The monoisotopic (exact) mass is 344 g/mol. The van der Waals surface area contributed by atoms with Gasteiger partial charge in [0.25, 0.3) is 0 Å². The minimum atomic E-state index is 0.214. The number of ether oxygens (including phenoxy) is 2. The van der Waals surface area contributed by atoms with Crippen molar-refractivity contribution >= 4 is 5.91 Å². The van der Waals surface area contributed by atoms with Crippen molar-refractivity contribution in [3.8, 4) is 5.75 Å². The van der Waals surface area contributed by atoms with Crippen molar-refractivity contribution in [3.63, 3.8) is 0 Å². The van der Waals surface area contributed by atoms with Crippen LogP contribution >= 0.6 is 0 Å². The smallest absolute Gasteiger partial charge is 0.225 e. The van der Waals surface area contributed by atoms with Gasteiger partial charge in [0.05, 0.1) is 19.8 Å². The minimum Gasteiger partial charge on any atom is -0.493 e. The van der Waals surface area contributed by atoms with E-state index in [1.54, 1.807) is 0 Å². The van der Waals surface area contributed by atoms with Gasteiger partial charge in [0.2, 0.25) is 5.91 Å². The van der Waals surface area contributed by atoms with Crippen LogP contribution in [0.25, 0.3) is 0 Å². The topological polar surface area (TPSA) is 42.0 Å². The molecule has 1 aromatic carbocycles. The average molecular weight is 344 g/mol. The van der Waals surface area contributed by atoms with Gasteiger partial charge >= 0.3 is 0 Å². The van der Waals surface area contributed by atoms with E-state index in [2.05, 4.69) is 23.1 Å². The summed E-state index contributed by atoms with van der Waals surface area (Å²) in [7, 11) is 0. The van der Waals surface area contributed by atoms with Gasteiger partial charge in [-0.05, 0) is 49.5 Å². The fourth-order valence-corrected chi connectivity index (χ4v) is 4.13. The summed E-state index contributed by atoms with van der Waals surface area (Å²) in [4.78, 5) is 17.1. The van der Waals surface area contributed by atoms with E-state index in [0.29, 0.717) is 19.1 Å². The standard InChI is InChI=1S/C20H28N2O3/c23-20(22-10-13-24-14-11-22)17-4-8-21(9-5-17)7-3-16-1-2-19-18(15-16)6-12-25-19/h1-2,15,17H,3-14H2. The minimum absolute atomic E-state index is 0.214. The van der Waals surface area contributed by atoms with E-state index in [9.17, 15) is 4.79 Å². The molecule has 0 atom stereocenters. The Morgan fingerprint density at radius 2 is 1.88 bits per heavy atom. The first-order chi connectivity index (χ1) is 12.3. The summed E-state index contributed by atoms with van der Waals surface area (Å²) < 4.78 is 10.9. The predicted octanol–water partition coefficient (Wildman–Crippen LogP) is 1.73. The van der Waals surface area contributed by atoms with E-state index in [1.165, 1.54) is 11.1 Å². The number of carbonyl (C=O) groups is 1. The maximum Gasteiger partial charge on any atom is 0.225 e. The first kappa shape index (κ1) is 16.9. The third-order valence-electron chi connectivity index (χ3n) is 5.73. The van der Waals surface area contributed by atoms with Crippen molar-refractivity contribution in [2.45, 2.75) is 25.7 Å². The number of fused-ring (bicyclic) bond motifs is 1. The van der Waals surface area contributed by atoms with Gasteiger partial charge in [-0.3, -0.25) is 4.79 Å². The number of benzene rings is 1. The van der Waals surface area contributed by atoms with Crippen LogP contribution in [0.15, 0.2) is 18.2 Å². The molecule has 1 amide bonds. The van der Waals surface area contributed by atoms with Crippen molar-refractivity contribution in [2.75, 3.05) is 52.5 Å². The number of piperidine rings is 1. The van der Waals surface area contributed by atoms with Crippen LogP contribution in [0.3, 0.4) is 0 Å². The molecule has 1 aromatic rings. The largest absolute Gasteiger partial charge is 0.493 e. The molecule has 25 heavy (non-hydrogen) atoms. The number of likely N-dealkylation sites (tertiary alicyclic amines) is 1. The van der Waals surface area contributed by atoms with E-state index in [4.69, 9.17) is 9.47 Å². The van der Waals surface area contributed by atoms with E-state index < -0.39 is 0 Å². The molecular weight excluding hydrogens is 316 g/mol. The molecule has 5 heteroatoms. The lowest BCUT2D eigenvalue weighted by Crippen LogP contribution is -2.47. The molecule has 2 fully saturated rings. The van der Waals surface area contributed by atoms with Crippen LogP contribution in [0.4, 0.5) is 0 Å². The highest BCUT2D eigenvalue weighted by Gasteiger charge is 2.29. The van der Waals surface area contributed by atoms with Crippen molar-refractivity contribution in [3.05, 3.63) is 29.3 Å². The molecule has 2 saturated heterocycles. The molecule has 0 unspecified atom stereocenters. The molecule has 3 heterocycles. The quantitative estimate of drug-likeness (QED) is 0.834. The third kappa shape index (κ3) is 3.98. The third-order valence-corrected chi connectivity index (χ3v) is 5.73. The van der Waals surface area contributed by atoms with Crippen LogP contribution in [0.2, 0.25) is 0 Å². The van der Waals surface area contributed by atoms with Crippen molar-refractivity contribution in [1.82, 2.24) is 9.80 Å². The Hall–Kier alpha value is -1.59. The van der Waals surface area contributed by atoms with Crippen LogP contribution < -0.4 is 4.74 Å². The molecule has 0 spiro atoms. The molecule has 0 N–H and O–H groups in total. The summed E-state index contributed by atoms with van der Waals surface area (Å²) in [6.45, 7) is 6.89. The van der Waals surface area contributed by atoms with E-state index in [1.807, 2.05) is 4.90 Å². The lowest BCUT2D eigenvalue weighted by atomic mass is 9.94. The highest BCUT2D eigenvalue weighted by Crippen LogP contribution is 2.26. The summed E-state index contributed by atoms with van der Waals surface area (Å²) in [5.74, 6) is 1.62. The molecule has 136 valence electrons. The van der Waals surface area contributed by atoms with E-state index in [-0.39, 0.29) is 5.92 Å². The van der Waals surface area contributed by atoms with Crippen LogP contribution in [0.5, 0.6) is 5.75 Å². The summed E-state index contributed by atoms with van der Waals surface area (Å²) in [5.41, 5.74) is 2.75. The molecule has 0 aliphatic carbocycles. The average Bonchev–Trinajstić information content (AvgIpc) is 3.15. The van der Waals surface area contributed by atoms with Gasteiger partial charge in [-0.2, -0.15) is 0 Å². The second-order valence-electron chi connectivity index (χ2n) is 7.34. The van der Waals surface area contributed by atoms with Gasteiger partial charge in [-0.15, -0.1) is 0 Å². The zero-order valence-electron chi connectivity index (χ0n) is 14.9. The molecule has 5 nitrogen and oxygen atoms in total. The van der Waals surface area contributed by atoms with Crippen LogP contribution in [0.1, 0.15) is 24.0 Å². The van der Waals surface area contributed by atoms with Crippen molar-refractivity contribution < 1.29 is 14.3 Å². The number of amides is 1.